The highest BCUT2D eigenvalue weighted by molar-refractivity contribution is 7.99. The molecule has 2 unspecified atom stereocenters. The van der Waals surface area contributed by atoms with Gasteiger partial charge in [-0.25, -0.2) is 0 Å². The summed E-state index contributed by atoms with van der Waals surface area (Å²) in [7, 11) is 2.07. The van der Waals surface area contributed by atoms with Crippen LogP contribution in [0.5, 0.6) is 0 Å². The highest BCUT2D eigenvalue weighted by Crippen LogP contribution is 2.27. The van der Waals surface area contributed by atoms with Crippen LogP contribution >= 0.6 is 23.4 Å². The Balaban J connectivity index is 2.56. The molecule has 1 rings (SSSR count). The summed E-state index contributed by atoms with van der Waals surface area (Å²) < 4.78 is 0. The van der Waals surface area contributed by atoms with Crippen molar-refractivity contribution in [3.63, 3.8) is 0 Å². The molecule has 0 spiro atoms. The first kappa shape index (κ1) is 15.9. The van der Waals surface area contributed by atoms with E-state index in [-0.39, 0.29) is 0 Å². The number of rotatable bonds is 8. The summed E-state index contributed by atoms with van der Waals surface area (Å²) in [5, 5.41) is 5.00. The summed E-state index contributed by atoms with van der Waals surface area (Å²) in [4.78, 5) is 0. The summed E-state index contributed by atoms with van der Waals surface area (Å²) in [6.45, 7) is 4.51. The van der Waals surface area contributed by atoms with Crippen molar-refractivity contribution in [2.24, 2.45) is 0 Å². The zero-order chi connectivity index (χ0) is 13.4. The molecule has 0 aliphatic heterocycles. The molecule has 1 nitrogen and oxygen atoms in total. The van der Waals surface area contributed by atoms with Crippen molar-refractivity contribution < 1.29 is 0 Å². The standard InChI is InChI=1S/C15H24ClNS/c1-4-8-14(17-3)15(5-2)18-11-12-9-6-7-10-13(12)16/h6-7,9-10,14-15,17H,4-5,8,11H2,1-3H3. The maximum Gasteiger partial charge on any atom is 0.0446 e. The molecule has 18 heavy (non-hydrogen) atoms. The molecule has 1 N–H and O–H groups in total. The first-order valence-electron chi connectivity index (χ1n) is 6.75. The van der Waals surface area contributed by atoms with E-state index in [1.165, 1.54) is 24.8 Å². The van der Waals surface area contributed by atoms with Crippen LogP contribution in [0.3, 0.4) is 0 Å². The zero-order valence-electron chi connectivity index (χ0n) is 11.6. The van der Waals surface area contributed by atoms with Crippen LogP contribution in [-0.4, -0.2) is 18.3 Å². The number of nitrogens with one attached hydrogen (secondary N) is 1. The van der Waals surface area contributed by atoms with Crippen molar-refractivity contribution in [1.82, 2.24) is 5.32 Å². The Morgan fingerprint density at radius 1 is 1.28 bits per heavy atom. The molecule has 0 aromatic heterocycles. The van der Waals surface area contributed by atoms with E-state index in [1.807, 2.05) is 23.9 Å². The average molecular weight is 286 g/mol. The Labute approximate surface area is 121 Å². The molecule has 0 aliphatic carbocycles. The van der Waals surface area contributed by atoms with Crippen LogP contribution in [0.25, 0.3) is 0 Å². The fourth-order valence-electron chi connectivity index (χ4n) is 2.16. The van der Waals surface area contributed by atoms with Crippen molar-refractivity contribution >= 4 is 23.4 Å². The van der Waals surface area contributed by atoms with E-state index in [9.17, 15) is 0 Å². The third-order valence-electron chi connectivity index (χ3n) is 3.23. The number of hydrogen-bond donors (Lipinski definition) is 1. The highest BCUT2D eigenvalue weighted by atomic mass is 35.5. The number of halogens is 1. The van der Waals surface area contributed by atoms with Gasteiger partial charge in [0.1, 0.15) is 0 Å². The summed E-state index contributed by atoms with van der Waals surface area (Å²) in [6.07, 6.45) is 3.67. The summed E-state index contributed by atoms with van der Waals surface area (Å²) >= 11 is 8.21. The van der Waals surface area contributed by atoms with Crippen LogP contribution in [0.2, 0.25) is 5.02 Å². The van der Waals surface area contributed by atoms with Gasteiger partial charge in [0, 0.05) is 22.1 Å². The van der Waals surface area contributed by atoms with E-state index < -0.39 is 0 Å². The van der Waals surface area contributed by atoms with Gasteiger partial charge in [0.25, 0.3) is 0 Å². The molecule has 0 heterocycles. The minimum atomic E-state index is 0.604. The Hall–Kier alpha value is -0.180. The van der Waals surface area contributed by atoms with Crippen LogP contribution in [0.15, 0.2) is 24.3 Å². The summed E-state index contributed by atoms with van der Waals surface area (Å²) in [5.41, 5.74) is 1.24. The van der Waals surface area contributed by atoms with Gasteiger partial charge in [-0.3, -0.25) is 0 Å². The molecule has 1 aromatic carbocycles. The average Bonchev–Trinajstić information content (AvgIpc) is 2.40. The van der Waals surface area contributed by atoms with E-state index in [2.05, 4.69) is 38.3 Å². The van der Waals surface area contributed by atoms with Crippen molar-refractivity contribution in [2.75, 3.05) is 7.05 Å². The molecular formula is C15H24ClNS. The van der Waals surface area contributed by atoms with Gasteiger partial charge in [0.15, 0.2) is 0 Å². The predicted octanol–water partition coefficient (Wildman–Crippen LogP) is 4.74. The largest absolute Gasteiger partial charge is 0.316 e. The van der Waals surface area contributed by atoms with Crippen LogP contribution < -0.4 is 5.32 Å². The number of thioether (sulfide) groups is 1. The van der Waals surface area contributed by atoms with Gasteiger partial charge in [0.05, 0.1) is 0 Å². The molecule has 0 saturated carbocycles. The van der Waals surface area contributed by atoms with Crippen LogP contribution in [0.4, 0.5) is 0 Å². The molecule has 1 aromatic rings. The van der Waals surface area contributed by atoms with Gasteiger partial charge >= 0.3 is 0 Å². The van der Waals surface area contributed by atoms with E-state index in [4.69, 9.17) is 11.6 Å². The van der Waals surface area contributed by atoms with Crippen LogP contribution in [0, 0.1) is 0 Å². The molecule has 2 atom stereocenters. The molecular weight excluding hydrogens is 262 g/mol. The second kappa shape index (κ2) is 8.84. The van der Waals surface area contributed by atoms with Gasteiger partial charge < -0.3 is 5.32 Å². The quantitative estimate of drug-likeness (QED) is 0.740. The fourth-order valence-corrected chi connectivity index (χ4v) is 3.83. The summed E-state index contributed by atoms with van der Waals surface area (Å²) in [6, 6.07) is 8.74. The molecule has 3 heteroatoms. The Kier molecular flexibility index (Phi) is 7.80. The second-order valence-electron chi connectivity index (χ2n) is 4.53. The van der Waals surface area contributed by atoms with Gasteiger partial charge in [-0.05, 0) is 31.5 Å². The number of benzene rings is 1. The lowest BCUT2D eigenvalue weighted by Gasteiger charge is -2.25. The van der Waals surface area contributed by atoms with Crippen molar-refractivity contribution in [2.45, 2.75) is 50.2 Å². The van der Waals surface area contributed by atoms with Gasteiger partial charge in [-0.1, -0.05) is 50.1 Å². The molecule has 0 radical (unpaired) electrons. The van der Waals surface area contributed by atoms with E-state index in [0.717, 1.165) is 10.8 Å². The first-order valence-corrected chi connectivity index (χ1v) is 8.17. The molecule has 0 saturated heterocycles. The molecule has 102 valence electrons. The molecule has 0 fully saturated rings. The smallest absolute Gasteiger partial charge is 0.0446 e. The lowest BCUT2D eigenvalue weighted by Crippen LogP contribution is -2.35. The monoisotopic (exact) mass is 285 g/mol. The predicted molar refractivity (Wildman–Crippen MR) is 84.6 cm³/mol. The maximum atomic E-state index is 6.20. The SMILES string of the molecule is CCCC(NC)C(CC)SCc1ccccc1Cl. The van der Waals surface area contributed by atoms with Gasteiger partial charge in [0.2, 0.25) is 0 Å². The zero-order valence-corrected chi connectivity index (χ0v) is 13.2. The Morgan fingerprint density at radius 3 is 2.56 bits per heavy atom. The maximum absolute atomic E-state index is 6.20. The Bertz CT molecular complexity index is 343. The minimum absolute atomic E-state index is 0.604. The summed E-state index contributed by atoms with van der Waals surface area (Å²) in [5.74, 6) is 1.00. The van der Waals surface area contributed by atoms with E-state index >= 15 is 0 Å². The first-order chi connectivity index (χ1) is 8.72. The van der Waals surface area contributed by atoms with Crippen molar-refractivity contribution in [3.05, 3.63) is 34.9 Å². The highest BCUT2D eigenvalue weighted by Gasteiger charge is 2.18. The molecule has 0 amide bonds. The van der Waals surface area contributed by atoms with E-state index in [0.29, 0.717) is 11.3 Å². The molecule has 0 aliphatic rings. The topological polar surface area (TPSA) is 12.0 Å². The van der Waals surface area contributed by atoms with E-state index in [1.54, 1.807) is 0 Å². The molecule has 0 bridgehead atoms. The third kappa shape index (κ3) is 4.83. The van der Waals surface area contributed by atoms with Crippen molar-refractivity contribution in [1.29, 1.82) is 0 Å². The number of hydrogen-bond acceptors (Lipinski definition) is 2. The van der Waals surface area contributed by atoms with Crippen molar-refractivity contribution in [3.8, 4) is 0 Å². The minimum Gasteiger partial charge on any atom is -0.316 e. The normalized spacial score (nSPS) is 14.4. The lowest BCUT2D eigenvalue weighted by molar-refractivity contribution is 0.490. The fraction of sp³-hybridized carbons (Fsp3) is 0.600. The van der Waals surface area contributed by atoms with Gasteiger partial charge in [-0.15, -0.1) is 0 Å². The Morgan fingerprint density at radius 2 is 2.00 bits per heavy atom. The van der Waals surface area contributed by atoms with Crippen LogP contribution in [0.1, 0.15) is 38.7 Å². The van der Waals surface area contributed by atoms with Crippen LogP contribution in [-0.2, 0) is 5.75 Å². The third-order valence-corrected chi connectivity index (χ3v) is 5.17. The second-order valence-corrected chi connectivity index (χ2v) is 6.17. The van der Waals surface area contributed by atoms with Gasteiger partial charge in [-0.2, -0.15) is 11.8 Å². The lowest BCUT2D eigenvalue weighted by atomic mass is 10.1.